The summed E-state index contributed by atoms with van der Waals surface area (Å²) >= 11 is 1.39. The molecule has 0 radical (unpaired) electrons. The van der Waals surface area contributed by atoms with E-state index < -0.39 is 10.0 Å². The zero-order chi connectivity index (χ0) is 13.2. The molecule has 8 heteroatoms. The maximum absolute atomic E-state index is 12.0. The predicted octanol–water partition coefficient (Wildman–Crippen LogP) is 0.452. The Morgan fingerprint density at radius 3 is 2.89 bits per heavy atom. The molecule has 0 aliphatic carbocycles. The fourth-order valence-corrected chi connectivity index (χ4v) is 3.19. The van der Waals surface area contributed by atoms with Crippen molar-refractivity contribution in [1.82, 2.24) is 14.3 Å². The number of thiazole rings is 1. The molecule has 0 atom stereocenters. The number of aromatic nitrogens is 2. The van der Waals surface area contributed by atoms with E-state index in [1.807, 2.05) is 0 Å². The number of sulfonamides is 1. The first kappa shape index (κ1) is 13.2. The second-order valence-electron chi connectivity index (χ2n) is 3.73. The minimum atomic E-state index is -3.55. The fourth-order valence-electron chi connectivity index (χ4n) is 1.46. The molecule has 2 aromatic heterocycles. The van der Waals surface area contributed by atoms with Gasteiger partial charge in [-0.05, 0) is 6.07 Å². The van der Waals surface area contributed by atoms with E-state index in [4.69, 9.17) is 5.11 Å². The van der Waals surface area contributed by atoms with Gasteiger partial charge in [0.05, 0.1) is 17.0 Å². The lowest BCUT2D eigenvalue weighted by atomic mass is 10.5. The molecular weight excluding hydrogens is 274 g/mol. The molecule has 0 spiro atoms. The maximum atomic E-state index is 12.0. The molecule has 0 fully saturated rings. The first-order valence-corrected chi connectivity index (χ1v) is 7.52. The molecule has 2 rings (SSSR count). The summed E-state index contributed by atoms with van der Waals surface area (Å²) in [6.07, 6.45) is 3.10. The summed E-state index contributed by atoms with van der Waals surface area (Å²) in [4.78, 5) is 4.87. The highest BCUT2D eigenvalue weighted by atomic mass is 32.2. The van der Waals surface area contributed by atoms with Gasteiger partial charge >= 0.3 is 0 Å². The van der Waals surface area contributed by atoms with Crippen molar-refractivity contribution in [3.63, 3.8) is 0 Å². The smallest absolute Gasteiger partial charge is 0.242 e. The minimum absolute atomic E-state index is 0.151. The largest absolute Gasteiger partial charge is 0.390 e. The van der Waals surface area contributed by atoms with Crippen LogP contribution in [0.3, 0.4) is 0 Å². The van der Waals surface area contributed by atoms with Gasteiger partial charge in [0.2, 0.25) is 10.0 Å². The Kier molecular flexibility index (Phi) is 3.81. The molecule has 0 unspecified atom stereocenters. The standard InChI is InChI=1S/C10H13N3O3S2/c1-13-5-10(2-8(13)6-14)18(15,16)12-4-9-3-11-7-17-9/h2-3,5,7,12,14H,4,6H2,1H3. The Bertz CT molecular complexity index is 617. The number of nitrogens with one attached hydrogen (secondary N) is 1. The number of aliphatic hydroxyl groups is 1. The quantitative estimate of drug-likeness (QED) is 0.836. The summed E-state index contributed by atoms with van der Waals surface area (Å²) in [5.74, 6) is 0. The van der Waals surface area contributed by atoms with Crippen LogP contribution in [0.1, 0.15) is 10.6 Å². The van der Waals surface area contributed by atoms with Gasteiger partial charge in [-0.15, -0.1) is 11.3 Å². The van der Waals surface area contributed by atoms with Gasteiger partial charge in [-0.1, -0.05) is 0 Å². The Hall–Kier alpha value is -1.22. The van der Waals surface area contributed by atoms with Crippen molar-refractivity contribution in [1.29, 1.82) is 0 Å². The lowest BCUT2D eigenvalue weighted by molar-refractivity contribution is 0.272. The van der Waals surface area contributed by atoms with E-state index in [9.17, 15) is 8.42 Å². The first-order chi connectivity index (χ1) is 8.53. The third kappa shape index (κ3) is 2.78. The Labute approximate surface area is 109 Å². The molecule has 0 amide bonds. The number of hydrogen-bond acceptors (Lipinski definition) is 5. The van der Waals surface area contributed by atoms with Crippen LogP contribution in [-0.2, 0) is 30.2 Å². The molecule has 0 saturated heterocycles. The average Bonchev–Trinajstić information content (AvgIpc) is 2.95. The fraction of sp³-hybridized carbons (Fsp3) is 0.300. The zero-order valence-corrected chi connectivity index (χ0v) is 11.3. The van der Waals surface area contributed by atoms with Crippen molar-refractivity contribution >= 4 is 21.4 Å². The van der Waals surface area contributed by atoms with Crippen LogP contribution in [0.5, 0.6) is 0 Å². The maximum Gasteiger partial charge on any atom is 0.242 e. The van der Waals surface area contributed by atoms with Gasteiger partial charge < -0.3 is 9.67 Å². The third-order valence-electron chi connectivity index (χ3n) is 2.47. The van der Waals surface area contributed by atoms with E-state index in [2.05, 4.69) is 9.71 Å². The Morgan fingerprint density at radius 2 is 2.33 bits per heavy atom. The molecule has 0 bridgehead atoms. The van der Waals surface area contributed by atoms with E-state index in [0.717, 1.165) is 4.88 Å². The molecule has 0 aliphatic heterocycles. The second kappa shape index (κ2) is 5.19. The molecule has 2 aromatic rings. The Balaban J connectivity index is 2.14. The van der Waals surface area contributed by atoms with Gasteiger partial charge in [-0.2, -0.15) is 0 Å². The number of rotatable bonds is 5. The molecule has 2 heterocycles. The molecule has 18 heavy (non-hydrogen) atoms. The van der Waals surface area contributed by atoms with Gasteiger partial charge in [0.25, 0.3) is 0 Å². The average molecular weight is 287 g/mol. The van der Waals surface area contributed by atoms with Crippen LogP contribution in [0, 0.1) is 0 Å². The van der Waals surface area contributed by atoms with Gasteiger partial charge in [-0.25, -0.2) is 13.1 Å². The highest BCUT2D eigenvalue weighted by Crippen LogP contribution is 2.14. The van der Waals surface area contributed by atoms with Crippen molar-refractivity contribution in [2.75, 3.05) is 0 Å². The van der Waals surface area contributed by atoms with E-state index in [1.165, 1.54) is 23.6 Å². The minimum Gasteiger partial charge on any atom is -0.390 e. The van der Waals surface area contributed by atoms with E-state index in [1.54, 1.807) is 23.3 Å². The van der Waals surface area contributed by atoms with Crippen LogP contribution in [0.15, 0.2) is 28.9 Å². The van der Waals surface area contributed by atoms with Gasteiger partial charge in [0.1, 0.15) is 0 Å². The third-order valence-corrected chi connectivity index (χ3v) is 4.62. The van der Waals surface area contributed by atoms with E-state index in [-0.39, 0.29) is 18.0 Å². The molecular formula is C10H13N3O3S2. The molecule has 0 aliphatic rings. The van der Waals surface area contributed by atoms with Crippen molar-refractivity contribution < 1.29 is 13.5 Å². The predicted molar refractivity (Wildman–Crippen MR) is 67.5 cm³/mol. The lowest BCUT2D eigenvalue weighted by Gasteiger charge is -2.02. The van der Waals surface area contributed by atoms with Crippen LogP contribution in [0.4, 0.5) is 0 Å². The van der Waals surface area contributed by atoms with Gasteiger partial charge in [0, 0.05) is 36.6 Å². The summed E-state index contributed by atoms with van der Waals surface area (Å²) in [6.45, 7) is 0.0250. The molecule has 0 saturated carbocycles. The van der Waals surface area contributed by atoms with E-state index in [0.29, 0.717) is 5.69 Å². The number of aryl methyl sites for hydroxylation is 1. The molecule has 98 valence electrons. The van der Waals surface area contributed by atoms with Crippen LogP contribution >= 0.6 is 11.3 Å². The summed E-state index contributed by atoms with van der Waals surface area (Å²) in [6, 6.07) is 1.45. The zero-order valence-electron chi connectivity index (χ0n) is 9.70. The molecule has 6 nitrogen and oxygen atoms in total. The number of nitrogens with zero attached hydrogens (tertiary/aromatic N) is 2. The summed E-state index contributed by atoms with van der Waals surface area (Å²) in [5.41, 5.74) is 2.20. The molecule has 2 N–H and O–H groups in total. The normalized spacial score (nSPS) is 11.9. The highest BCUT2D eigenvalue weighted by molar-refractivity contribution is 7.89. The lowest BCUT2D eigenvalue weighted by Crippen LogP contribution is -2.22. The van der Waals surface area contributed by atoms with Crippen molar-refractivity contribution in [2.24, 2.45) is 7.05 Å². The van der Waals surface area contributed by atoms with Crippen LogP contribution in [-0.4, -0.2) is 23.1 Å². The topological polar surface area (TPSA) is 84.2 Å². The van der Waals surface area contributed by atoms with Gasteiger partial charge in [0.15, 0.2) is 0 Å². The van der Waals surface area contributed by atoms with Crippen LogP contribution in [0.25, 0.3) is 0 Å². The van der Waals surface area contributed by atoms with Crippen molar-refractivity contribution in [3.05, 3.63) is 34.5 Å². The summed E-state index contributed by atoms with van der Waals surface area (Å²) < 4.78 is 28.0. The summed E-state index contributed by atoms with van der Waals surface area (Å²) in [7, 11) is -1.86. The van der Waals surface area contributed by atoms with E-state index >= 15 is 0 Å². The van der Waals surface area contributed by atoms with Crippen LogP contribution in [0.2, 0.25) is 0 Å². The number of hydrogen-bond donors (Lipinski definition) is 2. The summed E-state index contributed by atoms with van der Waals surface area (Å²) in [5, 5.41) is 9.03. The monoisotopic (exact) mass is 287 g/mol. The highest BCUT2D eigenvalue weighted by Gasteiger charge is 2.17. The first-order valence-electron chi connectivity index (χ1n) is 5.16. The van der Waals surface area contributed by atoms with Crippen LogP contribution < -0.4 is 4.72 Å². The number of aliphatic hydroxyl groups excluding tert-OH is 1. The molecule has 0 aromatic carbocycles. The van der Waals surface area contributed by atoms with Crippen molar-refractivity contribution in [3.8, 4) is 0 Å². The van der Waals surface area contributed by atoms with Gasteiger partial charge in [-0.3, -0.25) is 4.98 Å². The van der Waals surface area contributed by atoms with Crippen molar-refractivity contribution in [2.45, 2.75) is 18.0 Å². The second-order valence-corrected chi connectivity index (χ2v) is 6.47. The SMILES string of the molecule is Cn1cc(S(=O)(=O)NCc2cncs2)cc1CO. The Morgan fingerprint density at radius 1 is 1.56 bits per heavy atom.